The molecule has 1 aliphatic heterocycles. The summed E-state index contributed by atoms with van der Waals surface area (Å²) in [5.41, 5.74) is 0. The molecule has 5 nitrogen and oxygen atoms in total. The first-order valence-electron chi connectivity index (χ1n) is 7.31. The van der Waals surface area contributed by atoms with Gasteiger partial charge in [-0.1, -0.05) is 26.8 Å². The van der Waals surface area contributed by atoms with Gasteiger partial charge in [0.25, 0.3) is 0 Å². The summed E-state index contributed by atoms with van der Waals surface area (Å²) in [7, 11) is -1.96. The second kappa shape index (κ2) is 6.32. The molecule has 120 valence electrons. The van der Waals surface area contributed by atoms with Crippen molar-refractivity contribution in [1.82, 2.24) is 5.32 Å². The Hall–Kier alpha value is -1.14. The van der Waals surface area contributed by atoms with Crippen molar-refractivity contribution in [2.24, 2.45) is 5.92 Å². The summed E-state index contributed by atoms with van der Waals surface area (Å²) in [4.78, 5) is 23.2. The van der Waals surface area contributed by atoms with E-state index in [1.54, 1.807) is 13.0 Å². The maximum absolute atomic E-state index is 11.8. The Morgan fingerprint density at radius 1 is 1.38 bits per heavy atom. The van der Waals surface area contributed by atoms with Crippen LogP contribution in [-0.4, -0.2) is 32.5 Å². The van der Waals surface area contributed by atoms with E-state index in [-0.39, 0.29) is 17.0 Å². The number of carbonyl (C=O) groups excluding carboxylic acids is 2. The van der Waals surface area contributed by atoms with Gasteiger partial charge in [0, 0.05) is 6.08 Å². The Kier molecular flexibility index (Phi) is 5.39. The molecule has 21 heavy (non-hydrogen) atoms. The minimum absolute atomic E-state index is 0.0681. The first kappa shape index (κ1) is 17.9. The highest BCUT2D eigenvalue weighted by atomic mass is 28.4. The largest absolute Gasteiger partial charge is 0.438 e. The van der Waals surface area contributed by atoms with Crippen LogP contribution in [0.3, 0.4) is 0 Å². The zero-order chi connectivity index (χ0) is 16.4. The Morgan fingerprint density at radius 2 is 1.95 bits per heavy atom. The number of esters is 1. The third kappa shape index (κ3) is 4.17. The summed E-state index contributed by atoms with van der Waals surface area (Å²) in [6, 6.07) is 0. The van der Waals surface area contributed by atoms with E-state index in [9.17, 15) is 9.59 Å². The summed E-state index contributed by atoms with van der Waals surface area (Å²) < 4.78 is 11.4. The molecule has 0 bridgehead atoms. The molecule has 1 fully saturated rings. The fourth-order valence-corrected chi connectivity index (χ4v) is 3.37. The third-order valence-corrected chi connectivity index (χ3v) is 8.83. The van der Waals surface area contributed by atoms with Crippen LogP contribution in [-0.2, 0) is 18.8 Å². The number of nitrogens with one attached hydrogen (secondary N) is 1. The summed E-state index contributed by atoms with van der Waals surface area (Å²) in [6.45, 7) is 14.3. The molecule has 0 aromatic heterocycles. The van der Waals surface area contributed by atoms with Crippen molar-refractivity contribution in [1.29, 1.82) is 0 Å². The molecule has 1 heterocycles. The van der Waals surface area contributed by atoms with E-state index in [0.29, 0.717) is 0 Å². The van der Waals surface area contributed by atoms with Crippen LogP contribution in [0.25, 0.3) is 0 Å². The minimum atomic E-state index is -1.96. The highest BCUT2D eigenvalue weighted by Gasteiger charge is 2.49. The first-order chi connectivity index (χ1) is 9.49. The lowest BCUT2D eigenvalue weighted by molar-refractivity contribution is -0.171. The molecule has 0 aromatic rings. The van der Waals surface area contributed by atoms with Crippen LogP contribution in [0.5, 0.6) is 0 Å². The molecule has 0 spiro atoms. The van der Waals surface area contributed by atoms with E-state index in [2.05, 4.69) is 39.2 Å². The van der Waals surface area contributed by atoms with Crippen molar-refractivity contribution in [3.63, 3.8) is 0 Å². The van der Waals surface area contributed by atoms with Crippen molar-refractivity contribution < 1.29 is 18.8 Å². The van der Waals surface area contributed by atoms with E-state index in [1.165, 1.54) is 6.08 Å². The average molecular weight is 313 g/mol. The van der Waals surface area contributed by atoms with Crippen molar-refractivity contribution in [2.45, 2.75) is 65.1 Å². The maximum atomic E-state index is 11.8. The van der Waals surface area contributed by atoms with Crippen LogP contribution in [0.2, 0.25) is 18.1 Å². The van der Waals surface area contributed by atoms with Gasteiger partial charge in [-0.15, -0.1) is 0 Å². The van der Waals surface area contributed by atoms with Gasteiger partial charge in [-0.2, -0.15) is 0 Å². The van der Waals surface area contributed by atoms with E-state index >= 15 is 0 Å². The van der Waals surface area contributed by atoms with E-state index in [4.69, 9.17) is 9.16 Å². The lowest BCUT2D eigenvalue weighted by atomic mass is 9.93. The van der Waals surface area contributed by atoms with Crippen LogP contribution in [0.15, 0.2) is 12.2 Å². The fourth-order valence-electron chi connectivity index (χ4n) is 1.94. The predicted molar refractivity (Wildman–Crippen MR) is 84.1 cm³/mol. The molecule has 6 heteroatoms. The molecule has 1 N–H and O–H groups in total. The van der Waals surface area contributed by atoms with Crippen LogP contribution in [0, 0.1) is 5.92 Å². The van der Waals surface area contributed by atoms with Gasteiger partial charge in [-0.25, -0.2) is 4.79 Å². The van der Waals surface area contributed by atoms with E-state index < -0.39 is 26.4 Å². The summed E-state index contributed by atoms with van der Waals surface area (Å²) in [5.74, 6) is -1.01. The van der Waals surface area contributed by atoms with Gasteiger partial charge in [0.2, 0.25) is 5.91 Å². The molecular formula is C15H27NO4Si. The highest BCUT2D eigenvalue weighted by Crippen LogP contribution is 2.39. The van der Waals surface area contributed by atoms with Gasteiger partial charge in [0.15, 0.2) is 14.5 Å². The molecule has 0 aliphatic carbocycles. The molecule has 3 atom stereocenters. The number of allylic oxidation sites excluding steroid dienone is 1. The topological polar surface area (TPSA) is 64.6 Å². The number of β-lactam (4-membered cyclic amide) rings is 1. The normalized spacial score (nSPS) is 24.4. The van der Waals surface area contributed by atoms with Crippen molar-refractivity contribution in [2.75, 3.05) is 0 Å². The molecule has 0 unspecified atom stereocenters. The molecule has 1 amide bonds. The minimum Gasteiger partial charge on any atom is -0.438 e. The molecule has 1 aliphatic rings. The van der Waals surface area contributed by atoms with Gasteiger partial charge in [0.1, 0.15) is 5.92 Å². The SMILES string of the molecule is C/C=C/C(=O)O[C@H]1NC(=O)[C@@H]1[C@@H](C)O[Si](C)(C)C(C)(C)C. The van der Waals surface area contributed by atoms with Crippen LogP contribution >= 0.6 is 0 Å². The number of rotatable bonds is 5. The number of ether oxygens (including phenoxy) is 1. The van der Waals surface area contributed by atoms with Crippen molar-refractivity contribution in [3.8, 4) is 0 Å². The molecule has 0 aromatic carbocycles. The van der Waals surface area contributed by atoms with Crippen molar-refractivity contribution >= 4 is 20.2 Å². The van der Waals surface area contributed by atoms with Gasteiger partial charge < -0.3 is 14.5 Å². The van der Waals surface area contributed by atoms with Crippen LogP contribution in [0.1, 0.15) is 34.6 Å². The van der Waals surface area contributed by atoms with Gasteiger partial charge in [-0.05, 0) is 32.0 Å². The first-order valence-corrected chi connectivity index (χ1v) is 10.2. The Balaban J connectivity index is 2.70. The maximum Gasteiger partial charge on any atom is 0.332 e. The average Bonchev–Trinajstić information content (AvgIpc) is 2.25. The highest BCUT2D eigenvalue weighted by molar-refractivity contribution is 6.74. The molecular weight excluding hydrogens is 286 g/mol. The lowest BCUT2D eigenvalue weighted by Crippen LogP contribution is -2.65. The number of amides is 1. The molecule has 0 radical (unpaired) electrons. The second-order valence-corrected chi connectivity index (χ2v) is 11.7. The Bertz CT molecular complexity index is 439. The predicted octanol–water partition coefficient (Wildman–Crippen LogP) is 2.59. The van der Waals surface area contributed by atoms with Crippen molar-refractivity contribution in [3.05, 3.63) is 12.2 Å². The van der Waals surface area contributed by atoms with Gasteiger partial charge >= 0.3 is 5.97 Å². The number of carbonyl (C=O) groups is 2. The van der Waals surface area contributed by atoms with Crippen LogP contribution < -0.4 is 5.32 Å². The van der Waals surface area contributed by atoms with E-state index in [0.717, 1.165) is 0 Å². The van der Waals surface area contributed by atoms with E-state index in [1.807, 2.05) is 6.92 Å². The quantitative estimate of drug-likeness (QED) is 0.367. The Morgan fingerprint density at radius 3 is 2.38 bits per heavy atom. The van der Waals surface area contributed by atoms with Gasteiger partial charge in [-0.3, -0.25) is 4.79 Å². The lowest BCUT2D eigenvalue weighted by Gasteiger charge is -2.44. The molecule has 0 saturated carbocycles. The standard InChI is InChI=1S/C15H27NO4Si/c1-8-9-11(17)19-14-12(13(18)16-14)10(2)20-21(6,7)15(3,4)5/h8-10,12,14H,1-7H3,(H,16,18)/b9-8+/t10-,12+,14-/m1/s1. The summed E-state index contributed by atoms with van der Waals surface area (Å²) >= 11 is 0. The van der Waals surface area contributed by atoms with Gasteiger partial charge in [0.05, 0.1) is 6.10 Å². The summed E-state index contributed by atoms with van der Waals surface area (Å²) in [5, 5.41) is 2.68. The van der Waals surface area contributed by atoms with Crippen LogP contribution in [0.4, 0.5) is 0 Å². The smallest absolute Gasteiger partial charge is 0.332 e. The zero-order valence-corrected chi connectivity index (χ0v) is 15.0. The zero-order valence-electron chi connectivity index (χ0n) is 14.0. The third-order valence-electron chi connectivity index (χ3n) is 4.25. The fraction of sp³-hybridized carbons (Fsp3) is 0.733. The molecule has 1 saturated heterocycles. The second-order valence-electron chi connectivity index (χ2n) is 6.98. The number of hydrogen-bond donors (Lipinski definition) is 1. The molecule has 1 rings (SSSR count). The monoisotopic (exact) mass is 313 g/mol. The summed E-state index contributed by atoms with van der Waals surface area (Å²) in [6.07, 6.45) is 2.07. The Labute approximate surface area is 128 Å². The number of hydrogen-bond acceptors (Lipinski definition) is 4.